The van der Waals surface area contributed by atoms with Gasteiger partial charge in [0.2, 0.25) is 0 Å². The molecule has 0 aromatic carbocycles. The third-order valence-corrected chi connectivity index (χ3v) is 5.87. The molecule has 1 nitrogen and oxygen atoms in total. The molecule has 0 spiro atoms. The molecular formula is C18H37NS. The molecule has 1 aliphatic heterocycles. The molecule has 0 radical (unpaired) electrons. The zero-order valence-corrected chi connectivity index (χ0v) is 14.9. The minimum atomic E-state index is 0.684. The van der Waals surface area contributed by atoms with Gasteiger partial charge in [0.25, 0.3) is 0 Å². The molecule has 1 fully saturated rings. The minimum Gasteiger partial charge on any atom is -0.303 e. The Morgan fingerprint density at radius 1 is 0.800 bits per heavy atom. The van der Waals surface area contributed by atoms with Crippen molar-refractivity contribution in [1.29, 1.82) is 0 Å². The van der Waals surface area contributed by atoms with E-state index in [0.29, 0.717) is 5.41 Å². The maximum Gasteiger partial charge on any atom is -0.00134 e. The molecule has 0 aromatic rings. The van der Waals surface area contributed by atoms with Gasteiger partial charge in [0.1, 0.15) is 0 Å². The van der Waals surface area contributed by atoms with Gasteiger partial charge in [-0.3, -0.25) is 0 Å². The highest BCUT2D eigenvalue weighted by atomic mass is 32.1. The summed E-state index contributed by atoms with van der Waals surface area (Å²) in [6.07, 6.45) is 15.4. The molecule has 0 saturated carbocycles. The number of piperidine rings is 1. The van der Waals surface area contributed by atoms with Crippen LogP contribution in [0.4, 0.5) is 0 Å². The third-order valence-electron chi connectivity index (χ3n) is 5.55. The van der Waals surface area contributed by atoms with E-state index in [1.54, 1.807) is 0 Å². The maximum absolute atomic E-state index is 4.26. The molecular weight excluding hydrogens is 262 g/mol. The topological polar surface area (TPSA) is 3.24 Å². The Balaban J connectivity index is 1.96. The van der Waals surface area contributed by atoms with Crippen LogP contribution in [-0.2, 0) is 0 Å². The van der Waals surface area contributed by atoms with Gasteiger partial charge < -0.3 is 4.90 Å². The molecule has 0 aromatic heterocycles. The number of nitrogens with zero attached hydrogens (tertiary/aromatic N) is 1. The number of unbranched alkanes of at least 4 members (excludes halogenated alkanes) is 6. The van der Waals surface area contributed by atoms with Crippen molar-refractivity contribution in [2.75, 3.05) is 25.4 Å². The Bertz CT molecular complexity index is 215. The smallest absolute Gasteiger partial charge is 0.00134 e. The molecule has 1 rings (SSSR count). The van der Waals surface area contributed by atoms with Crippen molar-refractivity contribution >= 4 is 12.6 Å². The summed E-state index contributed by atoms with van der Waals surface area (Å²) in [5, 5.41) is 0. The number of likely N-dealkylation sites (tertiary alicyclic amines) is 1. The Hall–Kier alpha value is 0.310. The number of hydrogen-bond donors (Lipinski definition) is 1. The lowest BCUT2D eigenvalue weighted by Gasteiger charge is -2.41. The summed E-state index contributed by atoms with van der Waals surface area (Å²) in [7, 11) is 0. The van der Waals surface area contributed by atoms with Crippen LogP contribution in [0.5, 0.6) is 0 Å². The van der Waals surface area contributed by atoms with Gasteiger partial charge in [0.15, 0.2) is 0 Å². The molecule has 2 heteroatoms. The van der Waals surface area contributed by atoms with E-state index >= 15 is 0 Å². The SMILES string of the molecule is CCC1(CC)CCN(CCCCCCCCCS)CC1. The van der Waals surface area contributed by atoms with E-state index in [2.05, 4.69) is 31.4 Å². The van der Waals surface area contributed by atoms with Gasteiger partial charge in [0, 0.05) is 0 Å². The van der Waals surface area contributed by atoms with Gasteiger partial charge >= 0.3 is 0 Å². The zero-order chi connectivity index (χ0) is 14.7. The molecule has 120 valence electrons. The summed E-state index contributed by atoms with van der Waals surface area (Å²) >= 11 is 4.26. The van der Waals surface area contributed by atoms with Gasteiger partial charge in [-0.1, -0.05) is 58.8 Å². The predicted octanol–water partition coefficient (Wildman–Crippen LogP) is 5.55. The average Bonchev–Trinajstić information content (AvgIpc) is 2.51. The van der Waals surface area contributed by atoms with Crippen LogP contribution < -0.4 is 0 Å². The second-order valence-corrected chi connectivity index (χ2v) is 7.19. The number of hydrogen-bond acceptors (Lipinski definition) is 2. The Morgan fingerprint density at radius 2 is 1.30 bits per heavy atom. The summed E-state index contributed by atoms with van der Waals surface area (Å²) < 4.78 is 0. The van der Waals surface area contributed by atoms with E-state index in [4.69, 9.17) is 0 Å². The molecule has 0 unspecified atom stereocenters. The summed E-state index contributed by atoms with van der Waals surface area (Å²) in [4.78, 5) is 2.71. The molecule has 1 saturated heterocycles. The largest absolute Gasteiger partial charge is 0.303 e. The van der Waals surface area contributed by atoms with Crippen LogP contribution in [0.3, 0.4) is 0 Å². The Morgan fingerprint density at radius 3 is 1.80 bits per heavy atom. The molecule has 0 bridgehead atoms. The van der Waals surface area contributed by atoms with Crippen LogP contribution in [0.2, 0.25) is 0 Å². The normalized spacial score (nSPS) is 19.4. The molecule has 0 amide bonds. The van der Waals surface area contributed by atoms with Gasteiger partial charge in [-0.15, -0.1) is 0 Å². The summed E-state index contributed by atoms with van der Waals surface area (Å²) in [5.74, 6) is 1.06. The van der Waals surface area contributed by atoms with Crippen LogP contribution >= 0.6 is 12.6 Å². The Labute approximate surface area is 133 Å². The van der Waals surface area contributed by atoms with Crippen LogP contribution in [0, 0.1) is 5.41 Å². The predicted molar refractivity (Wildman–Crippen MR) is 94.9 cm³/mol. The first-order valence-corrected chi connectivity index (χ1v) is 9.73. The highest BCUT2D eigenvalue weighted by Gasteiger charge is 2.30. The molecule has 1 heterocycles. The fraction of sp³-hybridized carbons (Fsp3) is 1.00. The molecule has 1 aliphatic rings. The fourth-order valence-corrected chi connectivity index (χ4v) is 3.76. The van der Waals surface area contributed by atoms with E-state index in [1.165, 1.54) is 90.3 Å². The van der Waals surface area contributed by atoms with E-state index in [0.717, 1.165) is 5.75 Å². The monoisotopic (exact) mass is 299 g/mol. The van der Waals surface area contributed by atoms with Crippen molar-refractivity contribution in [3.8, 4) is 0 Å². The van der Waals surface area contributed by atoms with Crippen molar-refractivity contribution in [1.82, 2.24) is 4.90 Å². The van der Waals surface area contributed by atoms with E-state index in [9.17, 15) is 0 Å². The van der Waals surface area contributed by atoms with E-state index < -0.39 is 0 Å². The van der Waals surface area contributed by atoms with Crippen LogP contribution in [0.1, 0.15) is 84.5 Å². The van der Waals surface area contributed by atoms with Crippen molar-refractivity contribution < 1.29 is 0 Å². The number of thiol groups is 1. The van der Waals surface area contributed by atoms with Gasteiger partial charge in [-0.25, -0.2) is 0 Å². The second kappa shape index (κ2) is 11.0. The lowest BCUT2D eigenvalue weighted by atomic mass is 9.74. The van der Waals surface area contributed by atoms with E-state index in [1.807, 2.05) is 0 Å². The van der Waals surface area contributed by atoms with Gasteiger partial charge in [-0.2, -0.15) is 12.6 Å². The highest BCUT2D eigenvalue weighted by Crippen LogP contribution is 2.37. The first-order chi connectivity index (χ1) is 9.76. The van der Waals surface area contributed by atoms with E-state index in [-0.39, 0.29) is 0 Å². The Kier molecular flexibility index (Phi) is 10.1. The lowest BCUT2D eigenvalue weighted by Crippen LogP contribution is -2.39. The zero-order valence-electron chi connectivity index (χ0n) is 14.0. The highest BCUT2D eigenvalue weighted by molar-refractivity contribution is 7.80. The van der Waals surface area contributed by atoms with Crippen LogP contribution in [0.15, 0.2) is 0 Å². The third kappa shape index (κ3) is 6.85. The summed E-state index contributed by atoms with van der Waals surface area (Å²) in [6, 6.07) is 0. The van der Waals surface area contributed by atoms with Crippen molar-refractivity contribution in [2.45, 2.75) is 84.5 Å². The van der Waals surface area contributed by atoms with Crippen molar-refractivity contribution in [2.24, 2.45) is 5.41 Å². The summed E-state index contributed by atoms with van der Waals surface area (Å²) in [6.45, 7) is 8.81. The quantitative estimate of drug-likeness (QED) is 0.387. The summed E-state index contributed by atoms with van der Waals surface area (Å²) in [5.41, 5.74) is 0.684. The van der Waals surface area contributed by atoms with Gasteiger partial charge in [-0.05, 0) is 56.5 Å². The minimum absolute atomic E-state index is 0.684. The molecule has 0 N–H and O–H groups in total. The average molecular weight is 300 g/mol. The van der Waals surface area contributed by atoms with Crippen LogP contribution in [-0.4, -0.2) is 30.3 Å². The van der Waals surface area contributed by atoms with Gasteiger partial charge in [0.05, 0.1) is 0 Å². The lowest BCUT2D eigenvalue weighted by molar-refractivity contribution is 0.0942. The van der Waals surface area contributed by atoms with Crippen molar-refractivity contribution in [3.05, 3.63) is 0 Å². The number of rotatable bonds is 11. The van der Waals surface area contributed by atoms with Crippen molar-refractivity contribution in [3.63, 3.8) is 0 Å². The fourth-order valence-electron chi connectivity index (χ4n) is 3.54. The van der Waals surface area contributed by atoms with Crippen LogP contribution in [0.25, 0.3) is 0 Å². The second-order valence-electron chi connectivity index (χ2n) is 6.75. The molecule has 0 aliphatic carbocycles. The molecule has 20 heavy (non-hydrogen) atoms. The maximum atomic E-state index is 4.26. The first kappa shape index (κ1) is 18.4. The molecule has 0 atom stereocenters. The standard InChI is InChI=1S/C18H37NS/c1-3-18(4-2)12-15-19(16-13-18)14-10-8-6-5-7-9-11-17-20/h20H,3-17H2,1-2H3. The first-order valence-electron chi connectivity index (χ1n) is 9.09.